The molecule has 3 aromatic heterocycles. The van der Waals surface area contributed by atoms with Crippen LogP contribution in [0.2, 0.25) is 0 Å². The highest BCUT2D eigenvalue weighted by Crippen LogP contribution is 2.23. The summed E-state index contributed by atoms with van der Waals surface area (Å²) in [4.78, 5) is 16.9. The van der Waals surface area contributed by atoms with Crippen molar-refractivity contribution >= 4 is 22.9 Å². The van der Waals surface area contributed by atoms with Crippen molar-refractivity contribution in [3.63, 3.8) is 0 Å². The summed E-state index contributed by atoms with van der Waals surface area (Å²) in [6.07, 6.45) is 1.88. The van der Waals surface area contributed by atoms with E-state index >= 15 is 0 Å². The third kappa shape index (κ3) is 3.01. The molecule has 0 aliphatic rings. The second kappa shape index (κ2) is 6.45. The highest BCUT2D eigenvalue weighted by molar-refractivity contribution is 7.13. The van der Waals surface area contributed by atoms with Crippen molar-refractivity contribution in [2.75, 3.05) is 0 Å². The Bertz CT molecular complexity index is 1020. The monoisotopic (exact) mass is 349 g/mol. The van der Waals surface area contributed by atoms with Gasteiger partial charge in [-0.15, -0.1) is 21.5 Å². The molecule has 1 N–H and O–H groups in total. The van der Waals surface area contributed by atoms with Crippen LogP contribution >= 0.6 is 11.3 Å². The predicted molar refractivity (Wildman–Crippen MR) is 96.4 cm³/mol. The third-order valence-electron chi connectivity index (χ3n) is 3.83. The van der Waals surface area contributed by atoms with Gasteiger partial charge in [-0.25, -0.2) is 4.98 Å². The zero-order valence-corrected chi connectivity index (χ0v) is 14.3. The summed E-state index contributed by atoms with van der Waals surface area (Å²) in [5, 5.41) is 13.8. The molecule has 0 spiro atoms. The largest absolute Gasteiger partial charge is 0.341 e. The van der Waals surface area contributed by atoms with E-state index in [1.165, 1.54) is 11.3 Å². The number of benzene rings is 1. The molecule has 0 radical (unpaired) electrons. The van der Waals surface area contributed by atoms with Crippen molar-refractivity contribution in [2.45, 2.75) is 13.0 Å². The van der Waals surface area contributed by atoms with Gasteiger partial charge in [0.25, 0.3) is 5.91 Å². The molecule has 4 rings (SSSR count). The maximum Gasteiger partial charge on any atom is 0.271 e. The van der Waals surface area contributed by atoms with E-state index in [0.717, 1.165) is 16.2 Å². The molecule has 1 atom stereocenters. The van der Waals surface area contributed by atoms with Crippen LogP contribution in [0.3, 0.4) is 0 Å². The standard InChI is InChI=1S/C18H15N5OS/c1-12(16-22-21-15-9-5-6-10-23(15)16)19-17(24)14-11-25-18(20-14)13-7-3-2-4-8-13/h2-12H,1H3,(H,19,24)/t12-/m0/s1. The van der Waals surface area contributed by atoms with Crippen LogP contribution < -0.4 is 5.32 Å². The van der Waals surface area contributed by atoms with E-state index in [0.29, 0.717) is 11.5 Å². The van der Waals surface area contributed by atoms with Crippen LogP contribution in [0.5, 0.6) is 0 Å². The number of nitrogens with zero attached hydrogens (tertiary/aromatic N) is 4. The first-order valence-electron chi connectivity index (χ1n) is 7.84. The van der Waals surface area contributed by atoms with Gasteiger partial charge in [-0.3, -0.25) is 9.20 Å². The first-order valence-corrected chi connectivity index (χ1v) is 8.72. The molecule has 4 aromatic rings. The molecule has 0 saturated heterocycles. The summed E-state index contributed by atoms with van der Waals surface area (Å²) in [5.41, 5.74) is 2.16. The number of fused-ring (bicyclic) bond motifs is 1. The maximum absolute atomic E-state index is 12.5. The summed E-state index contributed by atoms with van der Waals surface area (Å²) in [6.45, 7) is 1.88. The van der Waals surface area contributed by atoms with E-state index in [1.807, 2.05) is 66.1 Å². The zero-order valence-electron chi connectivity index (χ0n) is 13.5. The van der Waals surface area contributed by atoms with Crippen molar-refractivity contribution in [2.24, 2.45) is 0 Å². The topological polar surface area (TPSA) is 72.2 Å². The smallest absolute Gasteiger partial charge is 0.271 e. The number of hydrogen-bond acceptors (Lipinski definition) is 5. The Balaban J connectivity index is 1.53. The van der Waals surface area contributed by atoms with Crippen molar-refractivity contribution < 1.29 is 4.79 Å². The Morgan fingerprint density at radius 2 is 1.92 bits per heavy atom. The van der Waals surface area contributed by atoms with Gasteiger partial charge < -0.3 is 5.32 Å². The minimum atomic E-state index is -0.285. The van der Waals surface area contributed by atoms with Crippen LogP contribution in [0.25, 0.3) is 16.2 Å². The number of rotatable bonds is 4. The number of amides is 1. The predicted octanol–water partition coefficient (Wildman–Crippen LogP) is 3.34. The van der Waals surface area contributed by atoms with Crippen LogP contribution in [-0.4, -0.2) is 25.5 Å². The van der Waals surface area contributed by atoms with Crippen LogP contribution in [0.4, 0.5) is 0 Å². The molecular weight excluding hydrogens is 334 g/mol. The van der Waals surface area contributed by atoms with Crippen molar-refractivity contribution in [1.82, 2.24) is 24.9 Å². The second-order valence-electron chi connectivity index (χ2n) is 5.59. The van der Waals surface area contributed by atoms with Crippen molar-refractivity contribution in [1.29, 1.82) is 0 Å². The summed E-state index contributed by atoms with van der Waals surface area (Å²) in [5.74, 6) is 0.459. The average Bonchev–Trinajstić information content (AvgIpc) is 3.30. The summed E-state index contributed by atoms with van der Waals surface area (Å²) in [6, 6.07) is 15.2. The van der Waals surface area contributed by atoms with Crippen LogP contribution in [0.15, 0.2) is 60.1 Å². The molecule has 0 fully saturated rings. The number of thiazole rings is 1. The highest BCUT2D eigenvalue weighted by Gasteiger charge is 2.18. The lowest BCUT2D eigenvalue weighted by Crippen LogP contribution is -2.28. The van der Waals surface area contributed by atoms with E-state index in [-0.39, 0.29) is 11.9 Å². The molecule has 25 heavy (non-hydrogen) atoms. The summed E-state index contributed by atoms with van der Waals surface area (Å²) < 4.78 is 1.86. The van der Waals surface area contributed by atoms with Gasteiger partial charge in [0.05, 0.1) is 6.04 Å². The molecule has 1 aromatic carbocycles. The molecule has 0 bridgehead atoms. The van der Waals surface area contributed by atoms with Crippen LogP contribution in [0, 0.1) is 0 Å². The van der Waals surface area contributed by atoms with Crippen LogP contribution in [0.1, 0.15) is 29.3 Å². The first-order chi connectivity index (χ1) is 12.2. The minimum absolute atomic E-state index is 0.224. The Kier molecular flexibility index (Phi) is 3.99. The normalized spacial score (nSPS) is 12.2. The summed E-state index contributed by atoms with van der Waals surface area (Å²) in [7, 11) is 0. The van der Waals surface area contributed by atoms with Crippen molar-refractivity contribution in [3.05, 3.63) is 71.6 Å². The van der Waals surface area contributed by atoms with E-state index in [9.17, 15) is 4.79 Å². The fraction of sp³-hybridized carbons (Fsp3) is 0.111. The van der Waals surface area contributed by atoms with Gasteiger partial charge in [-0.1, -0.05) is 36.4 Å². The lowest BCUT2D eigenvalue weighted by atomic mass is 10.2. The molecule has 7 heteroatoms. The maximum atomic E-state index is 12.5. The minimum Gasteiger partial charge on any atom is -0.341 e. The molecule has 1 amide bonds. The van der Waals surface area contributed by atoms with E-state index in [4.69, 9.17) is 0 Å². The van der Waals surface area contributed by atoms with E-state index < -0.39 is 0 Å². The van der Waals surface area contributed by atoms with Gasteiger partial charge in [0.2, 0.25) is 0 Å². The molecule has 0 saturated carbocycles. The van der Waals surface area contributed by atoms with Gasteiger partial charge in [0.15, 0.2) is 11.5 Å². The Labute approximate surface area is 148 Å². The molecule has 0 aliphatic heterocycles. The fourth-order valence-corrected chi connectivity index (χ4v) is 3.39. The Hall–Kier alpha value is -3.06. The Morgan fingerprint density at radius 3 is 2.76 bits per heavy atom. The quantitative estimate of drug-likeness (QED) is 0.613. The average molecular weight is 349 g/mol. The lowest BCUT2D eigenvalue weighted by molar-refractivity contribution is 0.0934. The van der Waals surface area contributed by atoms with E-state index in [2.05, 4.69) is 20.5 Å². The molecular formula is C18H15N5OS. The third-order valence-corrected chi connectivity index (χ3v) is 4.72. The molecule has 0 unspecified atom stereocenters. The molecule has 124 valence electrons. The van der Waals surface area contributed by atoms with Gasteiger partial charge in [0.1, 0.15) is 10.7 Å². The number of nitrogens with one attached hydrogen (secondary N) is 1. The SMILES string of the molecule is C[C@H](NC(=O)c1csc(-c2ccccc2)n1)c1nnc2ccccn12. The second-order valence-corrected chi connectivity index (χ2v) is 6.44. The number of hydrogen-bond donors (Lipinski definition) is 1. The number of carbonyl (C=O) groups excluding carboxylic acids is 1. The lowest BCUT2D eigenvalue weighted by Gasteiger charge is -2.11. The van der Waals surface area contributed by atoms with Gasteiger partial charge in [-0.2, -0.15) is 0 Å². The number of carbonyl (C=O) groups is 1. The fourth-order valence-electron chi connectivity index (χ4n) is 2.58. The van der Waals surface area contributed by atoms with E-state index in [1.54, 1.807) is 5.38 Å². The zero-order chi connectivity index (χ0) is 17.2. The number of aromatic nitrogens is 4. The first kappa shape index (κ1) is 15.5. The van der Waals surface area contributed by atoms with Gasteiger partial charge in [-0.05, 0) is 19.1 Å². The molecule has 6 nitrogen and oxygen atoms in total. The molecule has 3 heterocycles. The number of pyridine rings is 1. The highest BCUT2D eigenvalue weighted by atomic mass is 32.1. The Morgan fingerprint density at radius 1 is 1.12 bits per heavy atom. The van der Waals surface area contributed by atoms with Gasteiger partial charge in [0, 0.05) is 17.1 Å². The molecule has 0 aliphatic carbocycles. The van der Waals surface area contributed by atoms with Gasteiger partial charge >= 0.3 is 0 Å². The van der Waals surface area contributed by atoms with Crippen molar-refractivity contribution in [3.8, 4) is 10.6 Å². The summed E-state index contributed by atoms with van der Waals surface area (Å²) >= 11 is 1.45. The van der Waals surface area contributed by atoms with Crippen LogP contribution in [-0.2, 0) is 0 Å².